The van der Waals surface area contributed by atoms with E-state index in [9.17, 15) is 4.79 Å². The SMILES string of the molecule is O=C(CSc1ccc2c(c1)CCC2)NCc1ccccc1Cn1ccnc1. The number of nitrogens with one attached hydrogen (secondary N) is 1. The Morgan fingerprint density at radius 3 is 2.81 bits per heavy atom. The average Bonchev–Trinajstić information content (AvgIpc) is 3.37. The molecule has 0 spiro atoms. The summed E-state index contributed by atoms with van der Waals surface area (Å²) >= 11 is 1.61. The number of rotatable bonds is 7. The van der Waals surface area contributed by atoms with E-state index in [0.717, 1.165) is 12.1 Å². The second-order valence-corrected chi connectivity index (χ2v) is 7.90. The van der Waals surface area contributed by atoms with Gasteiger partial charge in [-0.15, -0.1) is 11.8 Å². The molecule has 138 valence electrons. The highest BCUT2D eigenvalue weighted by Crippen LogP contribution is 2.27. The zero-order valence-corrected chi connectivity index (χ0v) is 16.0. The van der Waals surface area contributed by atoms with Crippen LogP contribution in [-0.2, 0) is 30.7 Å². The molecular weight excluding hydrogens is 354 g/mol. The molecule has 0 aliphatic heterocycles. The summed E-state index contributed by atoms with van der Waals surface area (Å²) in [5.74, 6) is 0.514. The maximum absolute atomic E-state index is 12.3. The first-order chi connectivity index (χ1) is 13.3. The van der Waals surface area contributed by atoms with Crippen molar-refractivity contribution in [2.75, 3.05) is 5.75 Å². The van der Waals surface area contributed by atoms with Crippen LogP contribution in [0.1, 0.15) is 28.7 Å². The van der Waals surface area contributed by atoms with Crippen LogP contribution in [0.15, 0.2) is 66.1 Å². The van der Waals surface area contributed by atoms with Crippen LogP contribution in [0.5, 0.6) is 0 Å². The first kappa shape index (κ1) is 17.9. The minimum absolute atomic E-state index is 0.0675. The number of aromatic nitrogens is 2. The molecule has 27 heavy (non-hydrogen) atoms. The van der Waals surface area contributed by atoms with Crippen molar-refractivity contribution in [1.82, 2.24) is 14.9 Å². The van der Waals surface area contributed by atoms with Gasteiger partial charge in [0.25, 0.3) is 0 Å². The topological polar surface area (TPSA) is 46.9 Å². The Hall–Kier alpha value is -2.53. The van der Waals surface area contributed by atoms with E-state index in [1.54, 1.807) is 18.0 Å². The van der Waals surface area contributed by atoms with Gasteiger partial charge in [-0.1, -0.05) is 30.3 Å². The van der Waals surface area contributed by atoms with Gasteiger partial charge in [0.1, 0.15) is 0 Å². The van der Waals surface area contributed by atoms with Crippen LogP contribution in [0, 0.1) is 0 Å². The van der Waals surface area contributed by atoms with E-state index in [2.05, 4.69) is 40.6 Å². The van der Waals surface area contributed by atoms with E-state index in [1.165, 1.54) is 40.8 Å². The van der Waals surface area contributed by atoms with Gasteiger partial charge >= 0.3 is 0 Å². The third kappa shape index (κ3) is 4.61. The number of imidazole rings is 1. The molecule has 4 nitrogen and oxygen atoms in total. The largest absolute Gasteiger partial charge is 0.351 e. The summed E-state index contributed by atoms with van der Waals surface area (Å²) in [6, 6.07) is 14.8. The van der Waals surface area contributed by atoms with Gasteiger partial charge in [-0.25, -0.2) is 4.98 Å². The van der Waals surface area contributed by atoms with Gasteiger partial charge in [0.15, 0.2) is 0 Å². The Labute approximate surface area is 164 Å². The van der Waals surface area contributed by atoms with Crippen molar-refractivity contribution < 1.29 is 4.79 Å². The van der Waals surface area contributed by atoms with Crippen molar-refractivity contribution >= 4 is 17.7 Å². The minimum Gasteiger partial charge on any atom is -0.351 e. The number of carbonyl (C=O) groups excluding carboxylic acids is 1. The van der Waals surface area contributed by atoms with Gasteiger partial charge in [-0.2, -0.15) is 0 Å². The highest BCUT2D eigenvalue weighted by Gasteiger charge is 2.12. The quantitative estimate of drug-likeness (QED) is 0.637. The normalized spacial score (nSPS) is 12.7. The Balaban J connectivity index is 1.30. The van der Waals surface area contributed by atoms with Crippen LogP contribution in [0.2, 0.25) is 0 Å². The van der Waals surface area contributed by atoms with E-state index in [4.69, 9.17) is 0 Å². The fourth-order valence-corrected chi connectivity index (χ4v) is 4.28. The van der Waals surface area contributed by atoms with Crippen molar-refractivity contribution in [3.8, 4) is 0 Å². The fourth-order valence-electron chi connectivity index (χ4n) is 3.49. The molecular formula is C22H23N3OS. The highest BCUT2D eigenvalue weighted by molar-refractivity contribution is 8.00. The summed E-state index contributed by atoms with van der Waals surface area (Å²) in [5, 5.41) is 3.06. The Bertz CT molecular complexity index is 921. The van der Waals surface area contributed by atoms with Gasteiger partial charge in [0.2, 0.25) is 5.91 Å². The first-order valence-corrected chi connectivity index (χ1v) is 10.3. The average molecular weight is 378 g/mol. The lowest BCUT2D eigenvalue weighted by atomic mass is 10.1. The number of fused-ring (bicyclic) bond motifs is 1. The van der Waals surface area contributed by atoms with Gasteiger partial charge < -0.3 is 9.88 Å². The summed E-state index contributed by atoms with van der Waals surface area (Å²) in [6.45, 7) is 1.31. The second kappa shape index (κ2) is 8.44. The number of benzene rings is 2. The zero-order chi connectivity index (χ0) is 18.5. The number of hydrogen-bond acceptors (Lipinski definition) is 3. The summed E-state index contributed by atoms with van der Waals surface area (Å²) in [5.41, 5.74) is 5.26. The number of hydrogen-bond donors (Lipinski definition) is 1. The van der Waals surface area contributed by atoms with Crippen LogP contribution in [0.4, 0.5) is 0 Å². The molecule has 0 radical (unpaired) electrons. The third-order valence-electron chi connectivity index (χ3n) is 4.95. The van der Waals surface area contributed by atoms with Gasteiger partial charge in [0.05, 0.1) is 12.1 Å². The summed E-state index contributed by atoms with van der Waals surface area (Å²) in [6.07, 6.45) is 9.15. The summed E-state index contributed by atoms with van der Waals surface area (Å²) in [4.78, 5) is 17.6. The van der Waals surface area contributed by atoms with Crippen LogP contribution in [0.25, 0.3) is 0 Å². The monoisotopic (exact) mass is 377 g/mol. The van der Waals surface area contributed by atoms with Crippen molar-refractivity contribution in [2.45, 2.75) is 37.2 Å². The molecule has 2 aromatic carbocycles. The molecule has 0 fully saturated rings. The van der Waals surface area contributed by atoms with Crippen LogP contribution < -0.4 is 5.32 Å². The predicted octanol–water partition coefficient (Wildman–Crippen LogP) is 3.83. The van der Waals surface area contributed by atoms with Crippen molar-refractivity contribution in [2.24, 2.45) is 0 Å². The van der Waals surface area contributed by atoms with E-state index >= 15 is 0 Å². The molecule has 0 saturated heterocycles. The molecule has 5 heteroatoms. The van der Waals surface area contributed by atoms with E-state index < -0.39 is 0 Å². The molecule has 1 N–H and O–H groups in total. The molecule has 1 amide bonds. The Morgan fingerprint density at radius 1 is 1.11 bits per heavy atom. The lowest BCUT2D eigenvalue weighted by Gasteiger charge is -2.11. The van der Waals surface area contributed by atoms with Crippen LogP contribution in [0.3, 0.4) is 0 Å². The number of carbonyl (C=O) groups is 1. The van der Waals surface area contributed by atoms with Gasteiger partial charge in [0, 0.05) is 30.4 Å². The second-order valence-electron chi connectivity index (χ2n) is 6.85. The molecule has 3 aromatic rings. The van der Waals surface area contributed by atoms with Crippen molar-refractivity contribution in [3.63, 3.8) is 0 Å². The third-order valence-corrected chi connectivity index (χ3v) is 5.94. The Morgan fingerprint density at radius 2 is 1.96 bits per heavy atom. The number of amides is 1. The molecule has 0 atom stereocenters. The molecule has 1 aromatic heterocycles. The first-order valence-electron chi connectivity index (χ1n) is 9.32. The zero-order valence-electron chi connectivity index (χ0n) is 15.2. The predicted molar refractivity (Wildman–Crippen MR) is 109 cm³/mol. The lowest BCUT2D eigenvalue weighted by molar-refractivity contribution is -0.118. The number of nitrogens with zero attached hydrogens (tertiary/aromatic N) is 2. The standard InChI is InChI=1S/C22H23N3OS/c26-22(15-27-21-9-8-17-6-3-7-18(17)12-21)24-13-19-4-1-2-5-20(19)14-25-11-10-23-16-25/h1-2,4-5,8-12,16H,3,6-7,13-15H2,(H,24,26). The maximum atomic E-state index is 12.3. The van der Waals surface area contributed by atoms with Gasteiger partial charge in [-0.05, 0) is 53.6 Å². The van der Waals surface area contributed by atoms with Crippen molar-refractivity contribution in [3.05, 3.63) is 83.4 Å². The van der Waals surface area contributed by atoms with Gasteiger partial charge in [-0.3, -0.25) is 4.79 Å². The van der Waals surface area contributed by atoms with E-state index in [-0.39, 0.29) is 5.91 Å². The molecule has 1 aliphatic rings. The molecule has 0 saturated carbocycles. The van der Waals surface area contributed by atoms with E-state index in [1.807, 2.05) is 29.2 Å². The van der Waals surface area contributed by atoms with Crippen LogP contribution in [-0.4, -0.2) is 21.2 Å². The van der Waals surface area contributed by atoms with E-state index in [0.29, 0.717) is 12.3 Å². The maximum Gasteiger partial charge on any atom is 0.230 e. The molecule has 0 bridgehead atoms. The number of thioether (sulfide) groups is 1. The van der Waals surface area contributed by atoms with Crippen LogP contribution >= 0.6 is 11.8 Å². The molecule has 0 unspecified atom stereocenters. The highest BCUT2D eigenvalue weighted by atomic mass is 32.2. The van der Waals surface area contributed by atoms with Crippen molar-refractivity contribution in [1.29, 1.82) is 0 Å². The number of aryl methyl sites for hydroxylation is 2. The minimum atomic E-state index is 0.0675. The molecule has 1 aliphatic carbocycles. The summed E-state index contributed by atoms with van der Waals surface area (Å²) < 4.78 is 2.03. The smallest absolute Gasteiger partial charge is 0.230 e. The fraction of sp³-hybridized carbons (Fsp3) is 0.273. The lowest BCUT2D eigenvalue weighted by Crippen LogP contribution is -2.25. The Kier molecular flexibility index (Phi) is 5.58. The molecule has 4 rings (SSSR count). The summed E-state index contributed by atoms with van der Waals surface area (Å²) in [7, 11) is 0. The molecule has 1 heterocycles.